The number of hydrogen-bond acceptors (Lipinski definition) is 4. The van der Waals surface area contributed by atoms with Gasteiger partial charge in [0.05, 0.1) is 5.54 Å². The summed E-state index contributed by atoms with van der Waals surface area (Å²) >= 11 is 0. The largest absolute Gasteiger partial charge is 0.506 e. The number of fused-ring (bicyclic) bond motifs is 1. The number of piperidine rings is 1. The van der Waals surface area contributed by atoms with Crippen molar-refractivity contribution in [2.75, 3.05) is 0 Å². The van der Waals surface area contributed by atoms with Crippen LogP contribution in [0.2, 0.25) is 0 Å². The molecule has 138 valence electrons. The third-order valence-electron chi connectivity index (χ3n) is 5.55. The van der Waals surface area contributed by atoms with Crippen LogP contribution in [0.1, 0.15) is 43.0 Å². The van der Waals surface area contributed by atoms with Crippen LogP contribution in [-0.2, 0) is 10.3 Å². The first-order chi connectivity index (χ1) is 12.8. The van der Waals surface area contributed by atoms with E-state index in [1.54, 1.807) is 25.3 Å². The van der Waals surface area contributed by atoms with Crippen molar-refractivity contribution in [1.29, 1.82) is 0 Å². The standard InChI is InChI=1S/C21H19FN2O3/c1-20(19(26)27)9-8-15-11-21(15,24-20)18-17(25)10-14(12-23-18)3-2-13-4-6-16(22)7-5-13/h4-7,10,12,15,24-25H,8-9,11H2,1H3,(H,26,27). The molecular formula is C21H19FN2O3. The maximum absolute atomic E-state index is 12.9. The Morgan fingerprint density at radius 3 is 2.67 bits per heavy atom. The first kappa shape index (κ1) is 17.5. The van der Waals surface area contributed by atoms with Gasteiger partial charge in [-0.15, -0.1) is 0 Å². The lowest BCUT2D eigenvalue weighted by Gasteiger charge is -2.36. The number of aromatic nitrogens is 1. The molecule has 4 rings (SSSR count). The molecule has 27 heavy (non-hydrogen) atoms. The second-order valence-corrected chi connectivity index (χ2v) is 7.52. The summed E-state index contributed by atoms with van der Waals surface area (Å²) in [5.74, 6) is 4.87. The van der Waals surface area contributed by atoms with Crippen molar-refractivity contribution in [3.63, 3.8) is 0 Å². The Hall–Kier alpha value is -2.91. The number of nitrogens with zero attached hydrogens (tertiary/aromatic N) is 1. The van der Waals surface area contributed by atoms with Gasteiger partial charge in [-0.25, -0.2) is 4.39 Å². The number of nitrogens with one attached hydrogen (secondary N) is 1. The van der Waals surface area contributed by atoms with Gasteiger partial charge in [-0.3, -0.25) is 15.1 Å². The third kappa shape index (κ3) is 3.04. The Morgan fingerprint density at radius 1 is 1.30 bits per heavy atom. The van der Waals surface area contributed by atoms with Crippen molar-refractivity contribution in [2.45, 2.75) is 37.3 Å². The van der Waals surface area contributed by atoms with E-state index in [1.165, 1.54) is 18.2 Å². The molecule has 0 spiro atoms. The zero-order chi connectivity index (χ0) is 19.2. The molecule has 0 amide bonds. The Labute approximate surface area is 156 Å². The highest BCUT2D eigenvalue weighted by Gasteiger charge is 2.64. The highest BCUT2D eigenvalue weighted by Crippen LogP contribution is 2.59. The Balaban J connectivity index is 1.60. The van der Waals surface area contributed by atoms with E-state index in [0.717, 1.165) is 12.8 Å². The van der Waals surface area contributed by atoms with Gasteiger partial charge in [-0.05, 0) is 62.4 Å². The molecule has 1 aliphatic heterocycles. The fraction of sp³-hybridized carbons (Fsp3) is 0.333. The SMILES string of the molecule is CC1(C(=O)O)CCC2CC2(c2ncc(C#Cc3ccc(F)cc3)cc2O)N1. The fourth-order valence-corrected chi connectivity index (χ4v) is 3.90. The predicted octanol–water partition coefficient (Wildman–Crippen LogP) is 2.77. The van der Waals surface area contributed by atoms with Gasteiger partial charge >= 0.3 is 5.97 Å². The summed E-state index contributed by atoms with van der Waals surface area (Å²) in [6, 6.07) is 7.37. The van der Waals surface area contributed by atoms with E-state index >= 15 is 0 Å². The van der Waals surface area contributed by atoms with Gasteiger partial charge in [0.2, 0.25) is 0 Å². The molecule has 2 heterocycles. The van der Waals surface area contributed by atoms with Crippen LogP contribution in [0.15, 0.2) is 36.5 Å². The lowest BCUT2D eigenvalue weighted by atomic mass is 9.86. The van der Waals surface area contributed by atoms with E-state index in [0.29, 0.717) is 23.2 Å². The second-order valence-electron chi connectivity index (χ2n) is 7.52. The van der Waals surface area contributed by atoms with Gasteiger partial charge in [0, 0.05) is 17.3 Å². The summed E-state index contributed by atoms with van der Waals surface area (Å²) in [6.07, 6.45) is 3.67. The van der Waals surface area contributed by atoms with Crippen molar-refractivity contribution in [3.05, 3.63) is 59.2 Å². The van der Waals surface area contributed by atoms with Gasteiger partial charge in [-0.2, -0.15) is 0 Å². The number of carbonyl (C=O) groups is 1. The summed E-state index contributed by atoms with van der Waals surface area (Å²) in [4.78, 5) is 16.0. The van der Waals surface area contributed by atoms with E-state index in [4.69, 9.17) is 0 Å². The van der Waals surface area contributed by atoms with Crippen LogP contribution < -0.4 is 5.32 Å². The second kappa shape index (κ2) is 6.07. The summed E-state index contributed by atoms with van der Waals surface area (Å²) < 4.78 is 12.9. The van der Waals surface area contributed by atoms with Crippen LogP contribution in [0.4, 0.5) is 4.39 Å². The number of pyridine rings is 1. The van der Waals surface area contributed by atoms with Crippen molar-refractivity contribution >= 4 is 5.97 Å². The highest BCUT2D eigenvalue weighted by molar-refractivity contribution is 5.79. The van der Waals surface area contributed by atoms with Crippen LogP contribution >= 0.6 is 0 Å². The first-order valence-electron chi connectivity index (χ1n) is 8.82. The molecule has 1 aliphatic carbocycles. The molecule has 0 bridgehead atoms. The molecule has 0 radical (unpaired) electrons. The minimum Gasteiger partial charge on any atom is -0.506 e. The van der Waals surface area contributed by atoms with Crippen LogP contribution in [0.3, 0.4) is 0 Å². The molecular weight excluding hydrogens is 347 g/mol. The van der Waals surface area contributed by atoms with Gasteiger partial charge in [-0.1, -0.05) is 11.8 Å². The van der Waals surface area contributed by atoms with Crippen LogP contribution in [0.5, 0.6) is 5.75 Å². The predicted molar refractivity (Wildman–Crippen MR) is 96.5 cm³/mol. The molecule has 1 saturated heterocycles. The van der Waals surface area contributed by atoms with Gasteiger partial charge < -0.3 is 10.2 Å². The topological polar surface area (TPSA) is 82.5 Å². The van der Waals surface area contributed by atoms with Crippen molar-refractivity contribution in [2.24, 2.45) is 5.92 Å². The van der Waals surface area contributed by atoms with Gasteiger partial charge in [0.15, 0.2) is 0 Å². The third-order valence-corrected chi connectivity index (χ3v) is 5.55. The molecule has 3 atom stereocenters. The number of halogens is 1. The molecule has 1 aromatic heterocycles. The van der Waals surface area contributed by atoms with Crippen LogP contribution in [0.25, 0.3) is 0 Å². The van der Waals surface area contributed by atoms with Crippen molar-refractivity contribution in [3.8, 4) is 17.6 Å². The summed E-state index contributed by atoms with van der Waals surface area (Å²) in [5, 5.41) is 23.3. The number of benzene rings is 1. The number of carboxylic acids is 1. The molecule has 5 nitrogen and oxygen atoms in total. The highest BCUT2D eigenvalue weighted by atomic mass is 19.1. The van der Waals surface area contributed by atoms with E-state index in [1.807, 2.05) is 0 Å². The Bertz CT molecular complexity index is 979. The van der Waals surface area contributed by atoms with E-state index in [9.17, 15) is 19.4 Å². The molecule has 3 N–H and O–H groups in total. The molecule has 2 aromatic rings. The van der Waals surface area contributed by atoms with Crippen molar-refractivity contribution < 1.29 is 19.4 Å². The first-order valence-corrected chi connectivity index (χ1v) is 8.82. The average molecular weight is 366 g/mol. The van der Waals surface area contributed by atoms with Gasteiger partial charge in [0.25, 0.3) is 0 Å². The summed E-state index contributed by atoms with van der Waals surface area (Å²) in [7, 11) is 0. The lowest BCUT2D eigenvalue weighted by molar-refractivity contribution is -0.146. The number of aliphatic carboxylic acids is 1. The van der Waals surface area contributed by atoms with Crippen LogP contribution in [0, 0.1) is 23.6 Å². The molecule has 6 heteroatoms. The number of aromatic hydroxyl groups is 1. The zero-order valence-electron chi connectivity index (χ0n) is 14.8. The maximum atomic E-state index is 12.9. The minimum atomic E-state index is -1.03. The average Bonchev–Trinajstić information content (AvgIpc) is 3.35. The Kier molecular flexibility index (Phi) is 3.93. The fourth-order valence-electron chi connectivity index (χ4n) is 3.90. The maximum Gasteiger partial charge on any atom is 0.323 e. The molecule has 1 saturated carbocycles. The molecule has 2 fully saturated rings. The van der Waals surface area contributed by atoms with Crippen LogP contribution in [-0.4, -0.2) is 26.7 Å². The van der Waals surface area contributed by atoms with Gasteiger partial charge in [0.1, 0.15) is 22.8 Å². The van der Waals surface area contributed by atoms with E-state index in [-0.39, 0.29) is 17.5 Å². The number of rotatable bonds is 2. The lowest BCUT2D eigenvalue weighted by Crippen LogP contribution is -2.57. The van der Waals surface area contributed by atoms with E-state index < -0.39 is 17.0 Å². The summed E-state index contributed by atoms with van der Waals surface area (Å²) in [6.45, 7) is 1.67. The minimum absolute atomic E-state index is 0.00513. The number of hydrogen-bond donors (Lipinski definition) is 3. The van der Waals surface area contributed by atoms with E-state index in [2.05, 4.69) is 22.1 Å². The van der Waals surface area contributed by atoms with Crippen molar-refractivity contribution in [1.82, 2.24) is 10.3 Å². The molecule has 1 aromatic carbocycles. The summed E-state index contributed by atoms with van der Waals surface area (Å²) in [5.41, 5.74) is 0.0607. The molecule has 3 unspecified atom stereocenters. The Morgan fingerprint density at radius 2 is 2.00 bits per heavy atom. The zero-order valence-corrected chi connectivity index (χ0v) is 14.8. The number of carboxylic acid groups (broad SMARTS) is 1. The normalized spacial score (nSPS) is 28.6. The quantitative estimate of drug-likeness (QED) is 0.712. The smallest absolute Gasteiger partial charge is 0.323 e. The molecule has 2 aliphatic rings. The monoisotopic (exact) mass is 366 g/mol.